The molecule has 28 heavy (non-hydrogen) atoms. The smallest absolute Gasteiger partial charge is 0.265 e. The summed E-state index contributed by atoms with van der Waals surface area (Å²) in [4.78, 5) is 25.8. The highest BCUT2D eigenvalue weighted by Crippen LogP contribution is 2.33. The van der Waals surface area contributed by atoms with Gasteiger partial charge in [-0.05, 0) is 31.2 Å². The van der Waals surface area contributed by atoms with E-state index < -0.39 is 12.0 Å². The van der Waals surface area contributed by atoms with E-state index in [1.54, 1.807) is 42.5 Å². The molecule has 1 atom stereocenters. The maximum absolute atomic E-state index is 12.8. The molecule has 2 N–H and O–H groups in total. The van der Waals surface area contributed by atoms with Crippen molar-refractivity contribution >= 4 is 17.5 Å². The summed E-state index contributed by atoms with van der Waals surface area (Å²) in [5.41, 5.74) is 6.32. The first-order valence-corrected chi connectivity index (χ1v) is 8.68. The second-order valence-electron chi connectivity index (χ2n) is 5.98. The zero-order valence-corrected chi connectivity index (χ0v) is 15.3. The summed E-state index contributed by atoms with van der Waals surface area (Å²) in [7, 11) is 0. The number of nitrogens with two attached hydrogens (primary N) is 1. The maximum Gasteiger partial charge on any atom is 0.265 e. The van der Waals surface area contributed by atoms with Crippen LogP contribution in [0.3, 0.4) is 0 Å². The number of fused-ring (bicyclic) bond motifs is 1. The quantitative estimate of drug-likeness (QED) is 0.813. The molecule has 0 bridgehead atoms. The number of nitriles is 1. The first kappa shape index (κ1) is 19.0. The lowest BCUT2D eigenvalue weighted by Crippen LogP contribution is -2.50. The predicted octanol–water partition coefficient (Wildman–Crippen LogP) is 1.62. The fourth-order valence-corrected chi connectivity index (χ4v) is 2.80. The average molecular weight is 381 g/mol. The summed E-state index contributed by atoms with van der Waals surface area (Å²) in [5, 5.41) is 9.02. The second kappa shape index (κ2) is 8.31. The molecule has 0 aliphatic carbocycles. The van der Waals surface area contributed by atoms with Crippen molar-refractivity contribution in [2.45, 2.75) is 13.0 Å². The van der Waals surface area contributed by atoms with Crippen molar-refractivity contribution < 1.29 is 23.8 Å². The summed E-state index contributed by atoms with van der Waals surface area (Å²) in [5.74, 6) is 0.112. The fourth-order valence-electron chi connectivity index (χ4n) is 2.80. The average Bonchev–Trinajstić information content (AvgIpc) is 2.71. The zero-order chi connectivity index (χ0) is 20.1. The van der Waals surface area contributed by atoms with Crippen molar-refractivity contribution in [1.82, 2.24) is 0 Å². The Hall–Kier alpha value is -3.73. The van der Waals surface area contributed by atoms with Gasteiger partial charge in [0.25, 0.3) is 11.8 Å². The number of amides is 2. The van der Waals surface area contributed by atoms with E-state index in [4.69, 9.17) is 25.2 Å². The van der Waals surface area contributed by atoms with Crippen LogP contribution in [-0.4, -0.2) is 37.7 Å². The molecule has 3 rings (SSSR count). The minimum absolute atomic E-state index is 0.000226. The van der Waals surface area contributed by atoms with Gasteiger partial charge in [-0.3, -0.25) is 9.59 Å². The third-order valence-electron chi connectivity index (χ3n) is 4.12. The molecule has 0 saturated heterocycles. The molecule has 0 saturated carbocycles. The number of para-hydroxylation sites is 2. The number of carbonyl (C=O) groups is 2. The molecule has 0 spiro atoms. The Balaban J connectivity index is 1.78. The topological polar surface area (TPSA) is 115 Å². The molecule has 2 amide bonds. The summed E-state index contributed by atoms with van der Waals surface area (Å²) >= 11 is 0. The molecule has 0 fully saturated rings. The molecule has 2 aromatic carbocycles. The molecule has 0 radical (unpaired) electrons. The van der Waals surface area contributed by atoms with Crippen LogP contribution in [-0.2, 0) is 9.59 Å². The molecule has 0 unspecified atom stereocenters. The molecule has 1 heterocycles. The molecular formula is C20H19N3O5. The largest absolute Gasteiger partial charge is 0.490 e. The van der Waals surface area contributed by atoms with Gasteiger partial charge in [0.1, 0.15) is 5.75 Å². The number of nitrogens with zero attached hydrogens (tertiary/aromatic N) is 2. The molecule has 1 aliphatic rings. The van der Waals surface area contributed by atoms with E-state index >= 15 is 0 Å². The Bertz CT molecular complexity index is 938. The van der Waals surface area contributed by atoms with Gasteiger partial charge in [-0.15, -0.1) is 0 Å². The molecule has 8 heteroatoms. The Morgan fingerprint density at radius 2 is 2.04 bits per heavy atom. The van der Waals surface area contributed by atoms with Crippen LogP contribution in [0.1, 0.15) is 12.5 Å². The molecule has 144 valence electrons. The molecule has 1 aliphatic heterocycles. The monoisotopic (exact) mass is 381 g/mol. The number of carbonyl (C=O) groups excluding carboxylic acids is 2. The minimum Gasteiger partial charge on any atom is -0.490 e. The van der Waals surface area contributed by atoms with Crippen LogP contribution in [0.15, 0.2) is 42.5 Å². The lowest BCUT2D eigenvalue weighted by atomic mass is 10.2. The van der Waals surface area contributed by atoms with Crippen molar-refractivity contribution in [3.05, 3.63) is 48.0 Å². The second-order valence-corrected chi connectivity index (χ2v) is 5.98. The summed E-state index contributed by atoms with van der Waals surface area (Å²) in [6.45, 7) is 1.91. The van der Waals surface area contributed by atoms with Gasteiger partial charge >= 0.3 is 0 Å². The van der Waals surface area contributed by atoms with E-state index in [9.17, 15) is 9.59 Å². The van der Waals surface area contributed by atoms with Crippen molar-refractivity contribution in [2.75, 3.05) is 24.7 Å². The molecule has 8 nitrogen and oxygen atoms in total. The van der Waals surface area contributed by atoms with Crippen LogP contribution in [0.5, 0.6) is 17.2 Å². The number of anilines is 1. The van der Waals surface area contributed by atoms with E-state index in [1.165, 1.54) is 4.90 Å². The van der Waals surface area contributed by atoms with Crippen LogP contribution in [0.2, 0.25) is 0 Å². The van der Waals surface area contributed by atoms with Crippen molar-refractivity contribution in [2.24, 2.45) is 5.73 Å². The molecular weight excluding hydrogens is 362 g/mol. The Kier molecular flexibility index (Phi) is 5.65. The highest BCUT2D eigenvalue weighted by atomic mass is 16.5. The number of benzene rings is 2. The SMILES string of the molecule is CCOc1cc(C#N)ccc1OCC(=O)N1C[C@@H](C(N)=O)Oc2ccccc21. The van der Waals surface area contributed by atoms with Gasteiger partial charge < -0.3 is 24.8 Å². The van der Waals surface area contributed by atoms with Crippen LogP contribution >= 0.6 is 0 Å². The Labute approximate surface area is 162 Å². The van der Waals surface area contributed by atoms with Gasteiger partial charge in [0.2, 0.25) is 0 Å². The number of ether oxygens (including phenoxy) is 3. The Morgan fingerprint density at radius 1 is 1.25 bits per heavy atom. The minimum atomic E-state index is -0.937. The van der Waals surface area contributed by atoms with E-state index in [0.717, 1.165) is 0 Å². The summed E-state index contributed by atoms with van der Waals surface area (Å²) in [6, 6.07) is 13.6. The Morgan fingerprint density at radius 3 is 2.75 bits per heavy atom. The zero-order valence-electron chi connectivity index (χ0n) is 15.3. The van der Waals surface area contributed by atoms with Gasteiger partial charge in [-0.2, -0.15) is 5.26 Å². The molecule has 0 aromatic heterocycles. The van der Waals surface area contributed by atoms with Crippen LogP contribution in [0.25, 0.3) is 0 Å². The van der Waals surface area contributed by atoms with Crippen LogP contribution in [0.4, 0.5) is 5.69 Å². The van der Waals surface area contributed by atoms with Crippen LogP contribution in [0, 0.1) is 11.3 Å². The maximum atomic E-state index is 12.8. The highest BCUT2D eigenvalue weighted by molar-refractivity contribution is 5.98. The molecule has 2 aromatic rings. The van der Waals surface area contributed by atoms with Crippen molar-refractivity contribution in [3.63, 3.8) is 0 Å². The van der Waals surface area contributed by atoms with Crippen molar-refractivity contribution in [1.29, 1.82) is 5.26 Å². The van der Waals surface area contributed by atoms with Gasteiger partial charge in [0.15, 0.2) is 24.2 Å². The highest BCUT2D eigenvalue weighted by Gasteiger charge is 2.32. The lowest BCUT2D eigenvalue weighted by molar-refractivity contribution is -0.125. The number of hydrogen-bond acceptors (Lipinski definition) is 6. The van der Waals surface area contributed by atoms with E-state index in [1.807, 2.05) is 13.0 Å². The van der Waals surface area contributed by atoms with Gasteiger partial charge in [-0.1, -0.05) is 12.1 Å². The third kappa shape index (κ3) is 3.99. The fraction of sp³-hybridized carbons (Fsp3) is 0.250. The van der Waals surface area contributed by atoms with Gasteiger partial charge in [0, 0.05) is 6.07 Å². The van der Waals surface area contributed by atoms with E-state index in [-0.39, 0.29) is 19.1 Å². The predicted molar refractivity (Wildman–Crippen MR) is 100 cm³/mol. The number of rotatable bonds is 6. The van der Waals surface area contributed by atoms with E-state index in [2.05, 4.69) is 0 Å². The first-order valence-electron chi connectivity index (χ1n) is 8.68. The van der Waals surface area contributed by atoms with E-state index in [0.29, 0.717) is 35.1 Å². The summed E-state index contributed by atoms with van der Waals surface area (Å²) < 4.78 is 16.7. The summed E-state index contributed by atoms with van der Waals surface area (Å²) in [6.07, 6.45) is -0.937. The standard InChI is InChI=1S/C20H19N3O5/c1-2-26-17-9-13(10-21)7-8-16(17)27-12-19(24)23-11-18(20(22)25)28-15-6-4-3-5-14(15)23/h3-9,18H,2,11-12H2,1H3,(H2,22,25)/t18-/m0/s1. The number of primary amides is 1. The normalized spacial score (nSPS) is 15.0. The third-order valence-corrected chi connectivity index (χ3v) is 4.12. The lowest BCUT2D eigenvalue weighted by Gasteiger charge is -2.33. The van der Waals surface area contributed by atoms with Crippen molar-refractivity contribution in [3.8, 4) is 23.3 Å². The van der Waals surface area contributed by atoms with Crippen LogP contribution < -0.4 is 24.8 Å². The number of hydrogen-bond donors (Lipinski definition) is 1. The van der Waals surface area contributed by atoms with Gasteiger partial charge in [0.05, 0.1) is 30.5 Å². The van der Waals surface area contributed by atoms with Gasteiger partial charge in [-0.25, -0.2) is 0 Å². The first-order chi connectivity index (χ1) is 13.5.